The van der Waals surface area contributed by atoms with Gasteiger partial charge >= 0.3 is 0 Å². The Balaban J connectivity index is 3.29. The van der Waals surface area contributed by atoms with Gasteiger partial charge in [-0.25, -0.2) is 0 Å². The predicted molar refractivity (Wildman–Crippen MR) is 76.4 cm³/mol. The molecule has 0 aliphatic rings. The van der Waals surface area contributed by atoms with Gasteiger partial charge < -0.3 is 5.73 Å². The summed E-state index contributed by atoms with van der Waals surface area (Å²) in [4.78, 5) is 0. The third-order valence-electron chi connectivity index (χ3n) is 3.80. The van der Waals surface area contributed by atoms with Gasteiger partial charge in [0.05, 0.1) is 0 Å². The first-order valence-electron chi connectivity index (χ1n) is 6.56. The Hall–Kier alpha value is -0.820. The monoisotopic (exact) mass is 233 g/mol. The molecule has 0 fully saturated rings. The van der Waals surface area contributed by atoms with Crippen molar-refractivity contribution in [1.82, 2.24) is 0 Å². The Labute approximate surface area is 106 Å². The fourth-order valence-corrected chi connectivity index (χ4v) is 2.08. The van der Waals surface area contributed by atoms with E-state index in [1.54, 1.807) is 0 Å². The average molecular weight is 233 g/mol. The van der Waals surface area contributed by atoms with Gasteiger partial charge in [0.15, 0.2) is 0 Å². The van der Waals surface area contributed by atoms with E-state index in [1.165, 1.54) is 16.7 Å². The molecule has 1 aromatic rings. The van der Waals surface area contributed by atoms with Gasteiger partial charge in [-0.15, -0.1) is 0 Å². The number of hydrogen-bond donors (Lipinski definition) is 1. The van der Waals surface area contributed by atoms with Crippen molar-refractivity contribution in [2.24, 2.45) is 5.73 Å². The van der Waals surface area contributed by atoms with E-state index in [-0.39, 0.29) is 10.8 Å². The maximum Gasteiger partial charge on any atom is 0.0181 e. The fourth-order valence-electron chi connectivity index (χ4n) is 2.08. The van der Waals surface area contributed by atoms with Crippen LogP contribution in [0.15, 0.2) is 18.2 Å². The smallest absolute Gasteiger partial charge is 0.0181 e. The van der Waals surface area contributed by atoms with Gasteiger partial charge in [0.2, 0.25) is 0 Å². The molecular formula is C16H27N. The standard InChI is InChI=1S/C16H27N/c1-7-16(5,6)14-9-8-13(15(2,3)4)10-12(14)11-17/h8-10H,7,11,17H2,1-6H3. The average Bonchev–Trinajstić information content (AvgIpc) is 2.27. The summed E-state index contributed by atoms with van der Waals surface area (Å²) in [6.45, 7) is 14.2. The van der Waals surface area contributed by atoms with E-state index in [4.69, 9.17) is 5.73 Å². The van der Waals surface area contributed by atoms with E-state index in [2.05, 4.69) is 59.7 Å². The molecule has 1 nitrogen and oxygen atoms in total. The molecule has 0 saturated heterocycles. The van der Waals surface area contributed by atoms with Gasteiger partial charge in [0.1, 0.15) is 0 Å². The van der Waals surface area contributed by atoms with Gasteiger partial charge in [-0.3, -0.25) is 0 Å². The highest BCUT2D eigenvalue weighted by molar-refractivity contribution is 5.39. The maximum atomic E-state index is 5.91. The summed E-state index contributed by atoms with van der Waals surface area (Å²) in [6, 6.07) is 6.81. The first-order chi connectivity index (χ1) is 7.72. The zero-order valence-corrected chi connectivity index (χ0v) is 12.2. The lowest BCUT2D eigenvalue weighted by Crippen LogP contribution is -2.21. The zero-order valence-electron chi connectivity index (χ0n) is 12.2. The molecule has 1 aromatic carbocycles. The van der Waals surface area contributed by atoms with Crippen LogP contribution in [-0.2, 0) is 17.4 Å². The van der Waals surface area contributed by atoms with Crippen molar-refractivity contribution in [2.75, 3.05) is 0 Å². The van der Waals surface area contributed by atoms with E-state index < -0.39 is 0 Å². The molecule has 0 spiro atoms. The summed E-state index contributed by atoms with van der Waals surface area (Å²) in [6.07, 6.45) is 1.13. The van der Waals surface area contributed by atoms with Crippen LogP contribution in [0.2, 0.25) is 0 Å². The summed E-state index contributed by atoms with van der Waals surface area (Å²) in [5.41, 5.74) is 10.4. The van der Waals surface area contributed by atoms with Crippen molar-refractivity contribution in [1.29, 1.82) is 0 Å². The number of hydrogen-bond acceptors (Lipinski definition) is 1. The fraction of sp³-hybridized carbons (Fsp3) is 0.625. The van der Waals surface area contributed by atoms with Crippen LogP contribution in [0, 0.1) is 0 Å². The molecule has 2 N–H and O–H groups in total. The van der Waals surface area contributed by atoms with Crippen molar-refractivity contribution in [2.45, 2.75) is 65.3 Å². The molecule has 0 bridgehead atoms. The first-order valence-corrected chi connectivity index (χ1v) is 6.56. The first kappa shape index (κ1) is 14.2. The molecule has 0 heterocycles. The van der Waals surface area contributed by atoms with Gasteiger partial charge in [0, 0.05) is 6.54 Å². The van der Waals surface area contributed by atoms with Crippen molar-refractivity contribution in [3.05, 3.63) is 34.9 Å². The highest BCUT2D eigenvalue weighted by atomic mass is 14.5. The lowest BCUT2D eigenvalue weighted by molar-refractivity contribution is 0.499. The quantitative estimate of drug-likeness (QED) is 0.834. The van der Waals surface area contributed by atoms with Crippen LogP contribution in [0.4, 0.5) is 0 Å². The Morgan fingerprint density at radius 2 is 1.65 bits per heavy atom. The molecule has 0 saturated carbocycles. The highest BCUT2D eigenvalue weighted by Crippen LogP contribution is 2.32. The molecule has 0 aliphatic carbocycles. The molecule has 0 aromatic heterocycles. The van der Waals surface area contributed by atoms with E-state index in [0.717, 1.165) is 6.42 Å². The molecule has 0 radical (unpaired) electrons. The molecule has 0 atom stereocenters. The molecule has 0 aliphatic heterocycles. The molecule has 17 heavy (non-hydrogen) atoms. The van der Waals surface area contributed by atoms with Crippen molar-refractivity contribution >= 4 is 0 Å². The van der Waals surface area contributed by atoms with Gasteiger partial charge in [-0.05, 0) is 33.9 Å². The molecule has 1 heteroatoms. The number of nitrogens with two attached hydrogens (primary N) is 1. The van der Waals surface area contributed by atoms with Crippen LogP contribution < -0.4 is 5.73 Å². The lowest BCUT2D eigenvalue weighted by Gasteiger charge is -2.28. The van der Waals surface area contributed by atoms with Crippen LogP contribution in [0.25, 0.3) is 0 Å². The van der Waals surface area contributed by atoms with Crippen molar-refractivity contribution in [3.8, 4) is 0 Å². The van der Waals surface area contributed by atoms with Gasteiger partial charge in [-0.2, -0.15) is 0 Å². The predicted octanol–water partition coefficient (Wildman–Crippen LogP) is 4.13. The molecule has 1 rings (SSSR count). The summed E-state index contributed by atoms with van der Waals surface area (Å²) in [5, 5.41) is 0. The second-order valence-corrected chi connectivity index (χ2v) is 6.56. The van der Waals surface area contributed by atoms with Crippen LogP contribution in [0.5, 0.6) is 0 Å². The molecule has 96 valence electrons. The van der Waals surface area contributed by atoms with Crippen LogP contribution >= 0.6 is 0 Å². The summed E-state index contributed by atoms with van der Waals surface area (Å²) in [7, 11) is 0. The van der Waals surface area contributed by atoms with E-state index in [0.29, 0.717) is 6.54 Å². The maximum absolute atomic E-state index is 5.91. The van der Waals surface area contributed by atoms with Gasteiger partial charge in [-0.1, -0.05) is 59.7 Å². The highest BCUT2D eigenvalue weighted by Gasteiger charge is 2.23. The van der Waals surface area contributed by atoms with Crippen molar-refractivity contribution in [3.63, 3.8) is 0 Å². The second-order valence-electron chi connectivity index (χ2n) is 6.56. The number of benzene rings is 1. The Kier molecular flexibility index (Phi) is 4.03. The minimum Gasteiger partial charge on any atom is -0.326 e. The van der Waals surface area contributed by atoms with Crippen LogP contribution in [0.1, 0.15) is 64.7 Å². The van der Waals surface area contributed by atoms with Crippen LogP contribution in [0.3, 0.4) is 0 Å². The number of rotatable bonds is 3. The van der Waals surface area contributed by atoms with E-state index in [1.807, 2.05) is 0 Å². The second kappa shape index (κ2) is 4.81. The summed E-state index contributed by atoms with van der Waals surface area (Å²) < 4.78 is 0. The summed E-state index contributed by atoms with van der Waals surface area (Å²) in [5.74, 6) is 0. The largest absolute Gasteiger partial charge is 0.326 e. The van der Waals surface area contributed by atoms with Crippen molar-refractivity contribution < 1.29 is 0 Å². The minimum absolute atomic E-state index is 0.193. The Bertz CT molecular complexity index is 383. The molecule has 0 amide bonds. The molecule has 0 unspecified atom stereocenters. The third-order valence-corrected chi connectivity index (χ3v) is 3.80. The SMILES string of the molecule is CCC(C)(C)c1ccc(C(C)(C)C)cc1CN. The zero-order chi connectivity index (χ0) is 13.3. The lowest BCUT2D eigenvalue weighted by atomic mass is 9.77. The topological polar surface area (TPSA) is 26.0 Å². The molecular weight excluding hydrogens is 206 g/mol. The third kappa shape index (κ3) is 3.10. The normalized spacial score (nSPS) is 12.9. The van der Waals surface area contributed by atoms with Crippen LogP contribution in [-0.4, -0.2) is 0 Å². The van der Waals surface area contributed by atoms with E-state index in [9.17, 15) is 0 Å². The van der Waals surface area contributed by atoms with Gasteiger partial charge in [0.25, 0.3) is 0 Å². The summed E-state index contributed by atoms with van der Waals surface area (Å²) >= 11 is 0. The Morgan fingerprint density at radius 3 is 2.06 bits per heavy atom. The minimum atomic E-state index is 0.193. The van der Waals surface area contributed by atoms with E-state index >= 15 is 0 Å². The Morgan fingerprint density at radius 1 is 1.06 bits per heavy atom.